The standard InChI is InChI=1S/C22H22N6O/c29-22(28-9-4-7-19(28)14-26-10-8-23-15-26)18-11-20-21(24-12-18)27(16-25-20)13-17-5-2-1-3-6-17/h1-3,5-6,8,10-12,15-16,19H,4,7,9,13-14H2. The lowest BCUT2D eigenvalue weighted by Crippen LogP contribution is -2.38. The number of carbonyl (C=O) groups is 1. The molecule has 0 aliphatic carbocycles. The van der Waals surface area contributed by atoms with Gasteiger partial charge in [-0.05, 0) is 24.5 Å². The van der Waals surface area contributed by atoms with Gasteiger partial charge in [-0.2, -0.15) is 0 Å². The second-order valence-electron chi connectivity index (χ2n) is 7.48. The molecular weight excluding hydrogens is 364 g/mol. The zero-order valence-corrected chi connectivity index (χ0v) is 16.1. The number of amides is 1. The zero-order chi connectivity index (χ0) is 19.6. The molecule has 1 fully saturated rings. The monoisotopic (exact) mass is 386 g/mol. The van der Waals surface area contributed by atoms with E-state index < -0.39 is 0 Å². The number of carbonyl (C=O) groups excluding carboxylic acids is 1. The minimum atomic E-state index is 0.0274. The molecule has 146 valence electrons. The number of fused-ring (bicyclic) bond motifs is 1. The second-order valence-corrected chi connectivity index (χ2v) is 7.48. The normalized spacial score (nSPS) is 16.6. The van der Waals surface area contributed by atoms with Gasteiger partial charge in [-0.15, -0.1) is 0 Å². The minimum absolute atomic E-state index is 0.0274. The molecule has 1 saturated heterocycles. The van der Waals surface area contributed by atoms with Gasteiger partial charge in [-0.25, -0.2) is 15.0 Å². The van der Waals surface area contributed by atoms with Crippen LogP contribution in [0.1, 0.15) is 28.8 Å². The third-order valence-corrected chi connectivity index (χ3v) is 5.52. The van der Waals surface area contributed by atoms with Crippen LogP contribution in [0.15, 0.2) is 67.6 Å². The van der Waals surface area contributed by atoms with Crippen molar-refractivity contribution >= 4 is 17.1 Å². The summed E-state index contributed by atoms with van der Waals surface area (Å²) in [5, 5.41) is 0. The van der Waals surface area contributed by atoms with E-state index in [0.717, 1.165) is 37.1 Å². The Hall–Kier alpha value is -3.48. The van der Waals surface area contributed by atoms with Gasteiger partial charge in [-0.1, -0.05) is 30.3 Å². The lowest BCUT2D eigenvalue weighted by atomic mass is 10.2. The Labute approximate surface area is 168 Å². The Bertz CT molecular complexity index is 1120. The van der Waals surface area contributed by atoms with Crippen LogP contribution < -0.4 is 0 Å². The van der Waals surface area contributed by atoms with Gasteiger partial charge in [0.05, 0.1) is 24.8 Å². The van der Waals surface area contributed by atoms with Crippen molar-refractivity contribution in [2.45, 2.75) is 32.0 Å². The van der Waals surface area contributed by atoms with Gasteiger partial charge in [0.15, 0.2) is 5.65 Å². The van der Waals surface area contributed by atoms with Crippen LogP contribution in [0.25, 0.3) is 11.2 Å². The summed E-state index contributed by atoms with van der Waals surface area (Å²) in [6.07, 6.45) is 11.0. The topological polar surface area (TPSA) is 68.8 Å². The van der Waals surface area contributed by atoms with Crippen LogP contribution in [0.2, 0.25) is 0 Å². The fourth-order valence-electron chi connectivity index (χ4n) is 4.06. The Morgan fingerprint density at radius 3 is 2.86 bits per heavy atom. The first kappa shape index (κ1) is 17.6. The van der Waals surface area contributed by atoms with Crippen molar-refractivity contribution in [3.63, 3.8) is 0 Å². The van der Waals surface area contributed by atoms with E-state index in [0.29, 0.717) is 12.1 Å². The van der Waals surface area contributed by atoms with E-state index in [1.807, 2.05) is 44.5 Å². The van der Waals surface area contributed by atoms with Gasteiger partial charge >= 0.3 is 0 Å². The average Bonchev–Trinajstić information content (AvgIpc) is 3.50. The SMILES string of the molecule is O=C(c1cnc2c(c1)ncn2Cc1ccccc1)N1CCCC1Cn1ccnc1. The Kier molecular flexibility index (Phi) is 4.56. The van der Waals surface area contributed by atoms with E-state index in [2.05, 4.69) is 27.1 Å². The van der Waals surface area contributed by atoms with Crippen molar-refractivity contribution in [2.75, 3.05) is 6.54 Å². The fraction of sp³-hybridized carbons (Fsp3) is 0.273. The van der Waals surface area contributed by atoms with E-state index in [4.69, 9.17) is 0 Å². The maximum Gasteiger partial charge on any atom is 0.255 e. The predicted octanol–water partition coefficient (Wildman–Crippen LogP) is 2.98. The van der Waals surface area contributed by atoms with E-state index in [-0.39, 0.29) is 11.9 Å². The fourth-order valence-corrected chi connectivity index (χ4v) is 4.06. The van der Waals surface area contributed by atoms with E-state index in [9.17, 15) is 4.79 Å². The first-order valence-electron chi connectivity index (χ1n) is 9.89. The molecule has 0 spiro atoms. The molecule has 1 aliphatic heterocycles. The van der Waals surface area contributed by atoms with Crippen LogP contribution in [0, 0.1) is 0 Å². The lowest BCUT2D eigenvalue weighted by molar-refractivity contribution is 0.0724. The molecule has 1 atom stereocenters. The number of pyridine rings is 1. The van der Waals surface area contributed by atoms with Gasteiger partial charge in [0, 0.05) is 37.7 Å². The van der Waals surface area contributed by atoms with Gasteiger partial charge in [0.25, 0.3) is 5.91 Å². The van der Waals surface area contributed by atoms with Crippen LogP contribution in [0.5, 0.6) is 0 Å². The molecule has 0 bridgehead atoms. The van der Waals surface area contributed by atoms with Crippen molar-refractivity contribution in [1.82, 2.24) is 29.0 Å². The van der Waals surface area contributed by atoms with Crippen LogP contribution in [-0.2, 0) is 13.1 Å². The molecule has 4 heterocycles. The molecule has 4 aromatic rings. The van der Waals surface area contributed by atoms with Crippen molar-refractivity contribution < 1.29 is 4.79 Å². The molecule has 29 heavy (non-hydrogen) atoms. The summed E-state index contributed by atoms with van der Waals surface area (Å²) in [5.41, 5.74) is 3.33. The first-order valence-corrected chi connectivity index (χ1v) is 9.89. The molecule has 1 unspecified atom stereocenters. The summed E-state index contributed by atoms with van der Waals surface area (Å²) in [4.78, 5) is 28.3. The number of aromatic nitrogens is 5. The summed E-state index contributed by atoms with van der Waals surface area (Å²) in [5.74, 6) is 0.0274. The summed E-state index contributed by atoms with van der Waals surface area (Å²) < 4.78 is 4.04. The average molecular weight is 386 g/mol. The van der Waals surface area contributed by atoms with Gasteiger partial charge in [0.2, 0.25) is 0 Å². The number of nitrogens with zero attached hydrogens (tertiary/aromatic N) is 6. The summed E-state index contributed by atoms with van der Waals surface area (Å²) in [6, 6.07) is 12.3. The van der Waals surface area contributed by atoms with Gasteiger partial charge in [-0.3, -0.25) is 4.79 Å². The molecule has 7 heteroatoms. The van der Waals surface area contributed by atoms with Gasteiger partial charge < -0.3 is 14.0 Å². The third-order valence-electron chi connectivity index (χ3n) is 5.52. The maximum absolute atomic E-state index is 13.2. The smallest absolute Gasteiger partial charge is 0.255 e. The largest absolute Gasteiger partial charge is 0.335 e. The Morgan fingerprint density at radius 1 is 1.14 bits per heavy atom. The summed E-state index contributed by atoms with van der Waals surface area (Å²) in [7, 11) is 0. The molecular formula is C22H22N6O. The number of likely N-dealkylation sites (tertiary alicyclic amines) is 1. The Balaban J connectivity index is 1.36. The molecule has 3 aromatic heterocycles. The molecule has 0 radical (unpaired) electrons. The molecule has 0 N–H and O–H groups in total. The van der Waals surface area contributed by atoms with E-state index >= 15 is 0 Å². The van der Waals surface area contributed by atoms with Crippen molar-refractivity contribution in [1.29, 1.82) is 0 Å². The van der Waals surface area contributed by atoms with Crippen LogP contribution in [0.3, 0.4) is 0 Å². The van der Waals surface area contributed by atoms with Crippen molar-refractivity contribution in [2.24, 2.45) is 0 Å². The highest BCUT2D eigenvalue weighted by atomic mass is 16.2. The van der Waals surface area contributed by atoms with Crippen molar-refractivity contribution in [3.8, 4) is 0 Å². The number of hydrogen-bond donors (Lipinski definition) is 0. The molecule has 0 saturated carbocycles. The minimum Gasteiger partial charge on any atom is -0.335 e. The second kappa shape index (κ2) is 7.50. The van der Waals surface area contributed by atoms with Crippen LogP contribution in [0.4, 0.5) is 0 Å². The molecule has 1 aromatic carbocycles. The highest BCUT2D eigenvalue weighted by Gasteiger charge is 2.30. The Morgan fingerprint density at radius 2 is 2.03 bits per heavy atom. The lowest BCUT2D eigenvalue weighted by Gasteiger charge is -2.25. The summed E-state index contributed by atoms with van der Waals surface area (Å²) >= 11 is 0. The first-order chi connectivity index (χ1) is 14.3. The van der Waals surface area contributed by atoms with Crippen LogP contribution in [-0.4, -0.2) is 47.5 Å². The molecule has 1 aliphatic rings. The molecule has 5 rings (SSSR count). The van der Waals surface area contributed by atoms with E-state index in [1.54, 1.807) is 25.0 Å². The highest BCUT2D eigenvalue weighted by Crippen LogP contribution is 2.23. The zero-order valence-electron chi connectivity index (χ0n) is 16.1. The quantitative estimate of drug-likeness (QED) is 0.529. The number of imidazole rings is 2. The van der Waals surface area contributed by atoms with E-state index in [1.165, 1.54) is 5.56 Å². The number of hydrogen-bond acceptors (Lipinski definition) is 4. The van der Waals surface area contributed by atoms with Gasteiger partial charge in [0.1, 0.15) is 5.52 Å². The van der Waals surface area contributed by atoms with Crippen molar-refractivity contribution in [3.05, 3.63) is 78.8 Å². The third kappa shape index (κ3) is 3.51. The predicted molar refractivity (Wildman–Crippen MR) is 109 cm³/mol. The summed E-state index contributed by atoms with van der Waals surface area (Å²) in [6.45, 7) is 2.25. The number of benzene rings is 1. The number of rotatable bonds is 5. The molecule has 1 amide bonds. The maximum atomic E-state index is 13.2. The molecule has 7 nitrogen and oxygen atoms in total. The van der Waals surface area contributed by atoms with Crippen LogP contribution >= 0.6 is 0 Å². The highest BCUT2D eigenvalue weighted by molar-refractivity contribution is 5.96.